The summed E-state index contributed by atoms with van der Waals surface area (Å²) in [4.78, 5) is 0. The maximum atomic E-state index is 9.23. The Labute approximate surface area is 88.1 Å². The van der Waals surface area contributed by atoms with Crippen molar-refractivity contribution >= 4 is 0 Å². The van der Waals surface area contributed by atoms with Crippen LogP contribution in [0.2, 0.25) is 0 Å². The minimum atomic E-state index is 0.272. The van der Waals surface area contributed by atoms with Gasteiger partial charge in [0.25, 0.3) is 0 Å². The van der Waals surface area contributed by atoms with Gasteiger partial charge in [-0.05, 0) is 18.8 Å². The minimum Gasteiger partial charge on any atom is -0.395 e. The number of rotatable bonds is 4. The van der Waals surface area contributed by atoms with E-state index in [2.05, 4.69) is 19.2 Å². The van der Waals surface area contributed by atoms with Crippen molar-refractivity contribution < 1.29 is 5.11 Å². The molecule has 1 saturated carbocycles. The summed E-state index contributed by atoms with van der Waals surface area (Å²) in [6, 6.07) is 0.940. The quantitative estimate of drug-likeness (QED) is 0.681. The highest BCUT2D eigenvalue weighted by molar-refractivity contribution is 4.77. The Kier molecular flexibility index (Phi) is 5.49. The van der Waals surface area contributed by atoms with Gasteiger partial charge in [0, 0.05) is 12.1 Å². The van der Waals surface area contributed by atoms with Crippen molar-refractivity contribution in [2.45, 2.75) is 64.5 Å². The summed E-state index contributed by atoms with van der Waals surface area (Å²) < 4.78 is 0. The van der Waals surface area contributed by atoms with Gasteiger partial charge in [0.1, 0.15) is 0 Å². The molecule has 1 atom stereocenters. The van der Waals surface area contributed by atoms with Crippen molar-refractivity contribution in [3.63, 3.8) is 0 Å². The molecule has 2 N–H and O–H groups in total. The van der Waals surface area contributed by atoms with Crippen molar-refractivity contribution in [1.82, 2.24) is 5.32 Å². The van der Waals surface area contributed by atoms with Crippen LogP contribution in [0.4, 0.5) is 0 Å². The van der Waals surface area contributed by atoms with Crippen LogP contribution < -0.4 is 5.32 Å². The summed E-state index contributed by atoms with van der Waals surface area (Å²) in [6.07, 6.45) is 8.08. The maximum absolute atomic E-state index is 9.23. The number of nitrogens with one attached hydrogen (secondary N) is 1. The van der Waals surface area contributed by atoms with Gasteiger partial charge >= 0.3 is 0 Å². The molecule has 2 nitrogen and oxygen atoms in total. The molecule has 14 heavy (non-hydrogen) atoms. The fourth-order valence-electron chi connectivity index (χ4n) is 2.20. The first-order chi connectivity index (χ1) is 6.74. The first kappa shape index (κ1) is 12.0. The summed E-state index contributed by atoms with van der Waals surface area (Å²) in [5.74, 6) is 0.531. The smallest absolute Gasteiger partial charge is 0.0587 e. The van der Waals surface area contributed by atoms with E-state index >= 15 is 0 Å². The largest absolute Gasteiger partial charge is 0.395 e. The highest BCUT2D eigenvalue weighted by atomic mass is 16.3. The Morgan fingerprint density at radius 1 is 1.14 bits per heavy atom. The number of hydrogen-bond donors (Lipinski definition) is 2. The first-order valence-electron chi connectivity index (χ1n) is 6.11. The summed E-state index contributed by atoms with van der Waals surface area (Å²) in [6.45, 7) is 4.61. The van der Waals surface area contributed by atoms with E-state index in [9.17, 15) is 5.11 Å². The van der Waals surface area contributed by atoms with Crippen molar-refractivity contribution in [3.8, 4) is 0 Å². The molecular formula is C12H25NO. The van der Waals surface area contributed by atoms with Crippen LogP contribution in [0.1, 0.15) is 52.4 Å². The van der Waals surface area contributed by atoms with Crippen LogP contribution in [-0.2, 0) is 0 Å². The first-order valence-corrected chi connectivity index (χ1v) is 6.11. The lowest BCUT2D eigenvalue weighted by Crippen LogP contribution is -2.43. The predicted molar refractivity (Wildman–Crippen MR) is 60.3 cm³/mol. The van der Waals surface area contributed by atoms with Gasteiger partial charge in [0.15, 0.2) is 0 Å². The highest BCUT2D eigenvalue weighted by Gasteiger charge is 2.18. The van der Waals surface area contributed by atoms with Gasteiger partial charge < -0.3 is 10.4 Å². The highest BCUT2D eigenvalue weighted by Crippen LogP contribution is 2.18. The third-order valence-electron chi connectivity index (χ3n) is 3.31. The number of hydrogen-bond acceptors (Lipinski definition) is 2. The standard InChI is InChI=1S/C12H25NO/c1-10(2)12(9-14)13-11-7-5-3-4-6-8-11/h10-14H,3-9H2,1-2H3/t12-/m0/s1. The molecule has 0 radical (unpaired) electrons. The molecule has 0 unspecified atom stereocenters. The van der Waals surface area contributed by atoms with E-state index in [1.807, 2.05) is 0 Å². The molecule has 0 bridgehead atoms. The third kappa shape index (κ3) is 3.97. The molecule has 0 aromatic heterocycles. The molecule has 0 saturated heterocycles. The summed E-state index contributed by atoms with van der Waals surface area (Å²) in [5, 5.41) is 12.8. The van der Waals surface area contributed by atoms with Crippen LogP contribution in [0.15, 0.2) is 0 Å². The van der Waals surface area contributed by atoms with Crippen molar-refractivity contribution in [3.05, 3.63) is 0 Å². The van der Waals surface area contributed by atoms with Crippen LogP contribution in [0, 0.1) is 5.92 Å². The van der Waals surface area contributed by atoms with Crippen molar-refractivity contribution in [2.24, 2.45) is 5.92 Å². The Morgan fingerprint density at radius 2 is 1.71 bits per heavy atom. The third-order valence-corrected chi connectivity index (χ3v) is 3.31. The number of aliphatic hydroxyl groups is 1. The van der Waals surface area contributed by atoms with E-state index in [-0.39, 0.29) is 12.6 Å². The maximum Gasteiger partial charge on any atom is 0.0587 e. The number of aliphatic hydroxyl groups excluding tert-OH is 1. The molecule has 0 aromatic rings. The molecule has 1 rings (SSSR count). The predicted octanol–water partition coefficient (Wildman–Crippen LogP) is 2.32. The van der Waals surface area contributed by atoms with E-state index in [0.29, 0.717) is 12.0 Å². The van der Waals surface area contributed by atoms with Crippen LogP contribution in [-0.4, -0.2) is 23.8 Å². The summed E-state index contributed by atoms with van der Waals surface area (Å²) in [7, 11) is 0. The topological polar surface area (TPSA) is 32.3 Å². The lowest BCUT2D eigenvalue weighted by atomic mass is 10.0. The molecule has 0 spiro atoms. The van der Waals surface area contributed by atoms with Gasteiger partial charge in [0.2, 0.25) is 0 Å². The molecule has 1 fully saturated rings. The fraction of sp³-hybridized carbons (Fsp3) is 1.00. The Bertz CT molecular complexity index is 139. The fourth-order valence-corrected chi connectivity index (χ4v) is 2.20. The van der Waals surface area contributed by atoms with Crippen molar-refractivity contribution in [1.29, 1.82) is 0 Å². The molecule has 1 aliphatic rings. The van der Waals surface area contributed by atoms with Gasteiger partial charge in [0.05, 0.1) is 6.61 Å². The molecule has 0 heterocycles. The van der Waals surface area contributed by atoms with Crippen LogP contribution in [0.5, 0.6) is 0 Å². The second kappa shape index (κ2) is 6.41. The summed E-state index contributed by atoms with van der Waals surface area (Å²) in [5.41, 5.74) is 0. The van der Waals surface area contributed by atoms with E-state index in [1.165, 1.54) is 38.5 Å². The minimum absolute atomic E-state index is 0.272. The van der Waals surface area contributed by atoms with E-state index in [1.54, 1.807) is 0 Å². The zero-order chi connectivity index (χ0) is 10.4. The van der Waals surface area contributed by atoms with Gasteiger partial charge in [-0.2, -0.15) is 0 Å². The van der Waals surface area contributed by atoms with Crippen LogP contribution in [0.25, 0.3) is 0 Å². The molecule has 2 heteroatoms. The zero-order valence-electron chi connectivity index (χ0n) is 9.63. The van der Waals surface area contributed by atoms with Crippen LogP contribution >= 0.6 is 0 Å². The molecule has 0 aromatic carbocycles. The molecule has 0 amide bonds. The normalized spacial score (nSPS) is 22.3. The Morgan fingerprint density at radius 3 is 2.14 bits per heavy atom. The zero-order valence-corrected chi connectivity index (χ0v) is 9.63. The van der Waals surface area contributed by atoms with Gasteiger partial charge in [-0.25, -0.2) is 0 Å². The lowest BCUT2D eigenvalue weighted by molar-refractivity contribution is 0.195. The van der Waals surface area contributed by atoms with Gasteiger partial charge in [-0.15, -0.1) is 0 Å². The van der Waals surface area contributed by atoms with Gasteiger partial charge in [-0.3, -0.25) is 0 Å². The van der Waals surface area contributed by atoms with E-state index < -0.39 is 0 Å². The Hall–Kier alpha value is -0.0800. The summed E-state index contributed by atoms with van der Waals surface area (Å²) >= 11 is 0. The SMILES string of the molecule is CC(C)[C@H](CO)NC1CCCCCC1. The monoisotopic (exact) mass is 199 g/mol. The molecule has 84 valence electrons. The average molecular weight is 199 g/mol. The average Bonchev–Trinajstić information content (AvgIpc) is 2.41. The van der Waals surface area contributed by atoms with Crippen LogP contribution in [0.3, 0.4) is 0 Å². The molecular weight excluding hydrogens is 174 g/mol. The van der Waals surface area contributed by atoms with Crippen molar-refractivity contribution in [2.75, 3.05) is 6.61 Å². The second-order valence-corrected chi connectivity index (χ2v) is 4.89. The van der Waals surface area contributed by atoms with E-state index in [4.69, 9.17) is 0 Å². The lowest BCUT2D eigenvalue weighted by Gasteiger charge is -2.26. The van der Waals surface area contributed by atoms with E-state index in [0.717, 1.165) is 0 Å². The molecule has 0 aliphatic heterocycles. The molecule has 1 aliphatic carbocycles. The second-order valence-electron chi connectivity index (χ2n) is 4.89. The Balaban J connectivity index is 2.32. The van der Waals surface area contributed by atoms with Gasteiger partial charge in [-0.1, -0.05) is 39.5 Å².